The first-order valence-corrected chi connectivity index (χ1v) is 9.20. The summed E-state index contributed by atoms with van der Waals surface area (Å²) in [7, 11) is 3.41. The Bertz CT molecular complexity index is 537. The lowest BCUT2D eigenvalue weighted by atomic mass is 10.1. The molecule has 0 bridgehead atoms. The van der Waals surface area contributed by atoms with Crippen LogP contribution in [0.3, 0.4) is 0 Å². The third-order valence-electron chi connectivity index (χ3n) is 4.98. The number of methoxy groups -OCH3 is 2. The van der Waals surface area contributed by atoms with E-state index in [4.69, 9.17) is 9.47 Å². The maximum atomic E-state index is 12.6. The van der Waals surface area contributed by atoms with E-state index in [1.54, 1.807) is 14.2 Å². The Morgan fingerprint density at radius 1 is 1.20 bits per heavy atom. The SMILES string of the molecule is COCCCN1C(C)CN(C(=O)CCc2cccc(OC)c2)CC1C. The van der Waals surface area contributed by atoms with Gasteiger partial charge in [-0.15, -0.1) is 0 Å². The number of piperazine rings is 1. The van der Waals surface area contributed by atoms with E-state index in [0.29, 0.717) is 18.5 Å². The molecule has 0 radical (unpaired) electrons. The van der Waals surface area contributed by atoms with Crippen LogP contribution in [-0.2, 0) is 16.0 Å². The maximum absolute atomic E-state index is 12.6. The summed E-state index contributed by atoms with van der Waals surface area (Å²) in [5.74, 6) is 1.09. The molecule has 5 nitrogen and oxygen atoms in total. The molecule has 1 aromatic rings. The van der Waals surface area contributed by atoms with Gasteiger partial charge in [-0.25, -0.2) is 0 Å². The minimum absolute atomic E-state index is 0.248. The van der Waals surface area contributed by atoms with Gasteiger partial charge in [-0.1, -0.05) is 12.1 Å². The first-order valence-electron chi connectivity index (χ1n) is 9.20. The van der Waals surface area contributed by atoms with Crippen LogP contribution in [-0.4, -0.2) is 68.3 Å². The van der Waals surface area contributed by atoms with Crippen LogP contribution < -0.4 is 4.74 Å². The minimum Gasteiger partial charge on any atom is -0.497 e. The van der Waals surface area contributed by atoms with Gasteiger partial charge in [-0.2, -0.15) is 0 Å². The van der Waals surface area contributed by atoms with Crippen LogP contribution in [0.1, 0.15) is 32.3 Å². The van der Waals surface area contributed by atoms with Crippen molar-refractivity contribution in [3.05, 3.63) is 29.8 Å². The number of carbonyl (C=O) groups excluding carboxylic acids is 1. The molecule has 2 rings (SSSR count). The van der Waals surface area contributed by atoms with Crippen LogP contribution in [0.15, 0.2) is 24.3 Å². The van der Waals surface area contributed by atoms with Crippen LogP contribution in [0.2, 0.25) is 0 Å². The van der Waals surface area contributed by atoms with E-state index in [1.165, 1.54) is 0 Å². The van der Waals surface area contributed by atoms with Crippen molar-refractivity contribution in [3.63, 3.8) is 0 Å². The number of benzene rings is 1. The van der Waals surface area contributed by atoms with E-state index in [2.05, 4.69) is 24.8 Å². The molecule has 0 N–H and O–H groups in total. The second-order valence-corrected chi connectivity index (χ2v) is 6.93. The van der Waals surface area contributed by atoms with Crippen LogP contribution >= 0.6 is 0 Å². The highest BCUT2D eigenvalue weighted by molar-refractivity contribution is 5.76. The van der Waals surface area contributed by atoms with Gasteiger partial charge < -0.3 is 14.4 Å². The van der Waals surface area contributed by atoms with Crippen molar-refractivity contribution in [1.82, 2.24) is 9.80 Å². The average Bonchev–Trinajstić information content (AvgIpc) is 2.62. The molecule has 5 heteroatoms. The molecule has 0 aliphatic carbocycles. The summed E-state index contributed by atoms with van der Waals surface area (Å²) in [6.45, 7) is 7.87. The van der Waals surface area contributed by atoms with Crippen molar-refractivity contribution in [2.24, 2.45) is 0 Å². The molecular formula is C20H32N2O3. The van der Waals surface area contributed by atoms with E-state index in [-0.39, 0.29) is 5.91 Å². The molecule has 2 atom stereocenters. The second-order valence-electron chi connectivity index (χ2n) is 6.93. The summed E-state index contributed by atoms with van der Waals surface area (Å²) >= 11 is 0. The van der Waals surface area contributed by atoms with Crippen LogP contribution in [0, 0.1) is 0 Å². The number of ether oxygens (including phenoxy) is 2. The van der Waals surface area contributed by atoms with Gasteiger partial charge in [0.25, 0.3) is 0 Å². The Hall–Kier alpha value is -1.59. The Balaban J connectivity index is 1.84. The lowest BCUT2D eigenvalue weighted by Gasteiger charge is -2.44. The first kappa shape index (κ1) is 19.7. The second kappa shape index (κ2) is 9.78. The number of hydrogen-bond acceptors (Lipinski definition) is 4. The Kier molecular flexibility index (Phi) is 7.72. The van der Waals surface area contributed by atoms with E-state index in [0.717, 1.165) is 50.4 Å². The summed E-state index contributed by atoms with van der Waals surface area (Å²) in [5.41, 5.74) is 1.15. The fourth-order valence-corrected chi connectivity index (χ4v) is 3.63. The van der Waals surface area contributed by atoms with Crippen molar-refractivity contribution < 1.29 is 14.3 Å². The van der Waals surface area contributed by atoms with Gasteiger partial charge in [0, 0.05) is 51.9 Å². The summed E-state index contributed by atoms with van der Waals surface area (Å²) in [6.07, 6.45) is 2.35. The normalized spacial score (nSPS) is 21.4. The zero-order valence-corrected chi connectivity index (χ0v) is 16.0. The van der Waals surface area contributed by atoms with Crippen molar-refractivity contribution in [2.75, 3.05) is 40.5 Å². The zero-order valence-electron chi connectivity index (χ0n) is 16.0. The quantitative estimate of drug-likeness (QED) is 0.677. The molecule has 1 aromatic carbocycles. The standard InChI is InChI=1S/C20H32N2O3/c1-16-14-21(15-17(2)22(16)11-6-12-24-3)20(23)10-9-18-7-5-8-19(13-18)25-4/h5,7-8,13,16-17H,6,9-12,14-15H2,1-4H3. The van der Waals surface area contributed by atoms with Gasteiger partial charge in [0.2, 0.25) is 5.91 Å². The van der Waals surface area contributed by atoms with E-state index in [9.17, 15) is 4.79 Å². The topological polar surface area (TPSA) is 42.0 Å². The highest BCUT2D eigenvalue weighted by atomic mass is 16.5. The molecule has 1 aliphatic rings. The molecule has 25 heavy (non-hydrogen) atoms. The van der Waals surface area contributed by atoms with Crippen molar-refractivity contribution in [1.29, 1.82) is 0 Å². The number of nitrogens with zero attached hydrogens (tertiary/aromatic N) is 2. The smallest absolute Gasteiger partial charge is 0.223 e. The highest BCUT2D eigenvalue weighted by Crippen LogP contribution is 2.18. The summed E-state index contributed by atoms with van der Waals surface area (Å²) in [5, 5.41) is 0. The Morgan fingerprint density at radius 3 is 2.56 bits per heavy atom. The molecule has 1 saturated heterocycles. The predicted octanol–water partition coefficient (Wildman–Crippen LogP) is 2.59. The average molecular weight is 348 g/mol. The summed E-state index contributed by atoms with van der Waals surface area (Å²) in [4.78, 5) is 17.2. The number of hydrogen-bond donors (Lipinski definition) is 0. The van der Waals surface area contributed by atoms with Gasteiger partial charge >= 0.3 is 0 Å². The molecule has 140 valence electrons. The first-order chi connectivity index (χ1) is 12.0. The summed E-state index contributed by atoms with van der Waals surface area (Å²) < 4.78 is 10.4. The molecule has 0 spiro atoms. The van der Waals surface area contributed by atoms with Crippen molar-refractivity contribution in [2.45, 2.75) is 45.2 Å². The number of rotatable bonds is 8. The molecule has 1 heterocycles. The van der Waals surface area contributed by atoms with Gasteiger partial charge in [0.05, 0.1) is 7.11 Å². The highest BCUT2D eigenvalue weighted by Gasteiger charge is 2.31. The molecule has 1 fully saturated rings. The molecule has 0 aromatic heterocycles. The summed E-state index contributed by atoms with van der Waals surface area (Å²) in [6, 6.07) is 8.74. The molecule has 1 aliphatic heterocycles. The number of aryl methyl sites for hydroxylation is 1. The molecule has 1 amide bonds. The fourth-order valence-electron chi connectivity index (χ4n) is 3.63. The van der Waals surface area contributed by atoms with Crippen LogP contribution in [0.5, 0.6) is 5.75 Å². The number of amides is 1. The lowest BCUT2D eigenvalue weighted by Crippen LogP contribution is -2.58. The van der Waals surface area contributed by atoms with Gasteiger partial charge in [0.15, 0.2) is 0 Å². The van der Waals surface area contributed by atoms with Gasteiger partial charge in [-0.05, 0) is 44.4 Å². The van der Waals surface area contributed by atoms with Gasteiger partial charge in [0.1, 0.15) is 5.75 Å². The van der Waals surface area contributed by atoms with Gasteiger partial charge in [-0.3, -0.25) is 9.69 Å². The van der Waals surface area contributed by atoms with Crippen LogP contribution in [0.4, 0.5) is 0 Å². The number of carbonyl (C=O) groups is 1. The third kappa shape index (κ3) is 5.72. The minimum atomic E-state index is 0.248. The van der Waals surface area contributed by atoms with Crippen LogP contribution in [0.25, 0.3) is 0 Å². The van der Waals surface area contributed by atoms with E-state index >= 15 is 0 Å². The molecule has 2 unspecified atom stereocenters. The fraction of sp³-hybridized carbons (Fsp3) is 0.650. The zero-order chi connectivity index (χ0) is 18.2. The monoisotopic (exact) mass is 348 g/mol. The maximum Gasteiger partial charge on any atom is 0.223 e. The predicted molar refractivity (Wildman–Crippen MR) is 100 cm³/mol. The molecular weight excluding hydrogens is 316 g/mol. The van der Waals surface area contributed by atoms with Crippen molar-refractivity contribution >= 4 is 5.91 Å². The van der Waals surface area contributed by atoms with E-state index in [1.807, 2.05) is 23.1 Å². The van der Waals surface area contributed by atoms with Crippen molar-refractivity contribution in [3.8, 4) is 5.75 Å². The Morgan fingerprint density at radius 2 is 1.92 bits per heavy atom. The molecule has 0 saturated carbocycles. The largest absolute Gasteiger partial charge is 0.497 e. The lowest BCUT2D eigenvalue weighted by molar-refractivity contribution is -0.135. The third-order valence-corrected chi connectivity index (χ3v) is 4.98. The van der Waals surface area contributed by atoms with E-state index < -0.39 is 0 Å². The Labute approximate surface area is 151 Å².